The lowest BCUT2D eigenvalue weighted by Crippen LogP contribution is -2.57. The van der Waals surface area contributed by atoms with Gasteiger partial charge in [-0.3, -0.25) is 4.99 Å². The number of halogens is 1. The van der Waals surface area contributed by atoms with Gasteiger partial charge in [-0.2, -0.15) is 0 Å². The molecule has 32 heavy (non-hydrogen) atoms. The Bertz CT molecular complexity index is 827. The number of amides is 1. The van der Waals surface area contributed by atoms with E-state index in [4.69, 9.17) is 18.9 Å². The van der Waals surface area contributed by atoms with Crippen LogP contribution in [0.25, 0.3) is 0 Å². The number of nitrogens with zero attached hydrogens (tertiary/aromatic N) is 3. The smallest absolute Gasteiger partial charge is 0.410 e. The average molecular weight is 562 g/mol. The van der Waals surface area contributed by atoms with Crippen LogP contribution in [-0.4, -0.2) is 87.5 Å². The van der Waals surface area contributed by atoms with E-state index in [9.17, 15) is 4.79 Å². The number of nitrogens with one attached hydrogen (secondary N) is 1. The summed E-state index contributed by atoms with van der Waals surface area (Å²) in [6.07, 6.45) is 0.486. The maximum absolute atomic E-state index is 12.4. The molecule has 0 aromatic heterocycles. The summed E-state index contributed by atoms with van der Waals surface area (Å²) in [4.78, 5) is 21.1. The van der Waals surface area contributed by atoms with Crippen molar-refractivity contribution in [3.05, 3.63) is 17.7 Å². The minimum absolute atomic E-state index is 0. The SMILES string of the molecule is COc1ccc(CCNC2=NCC3CN(C(=O)OC(C)(C)C)CCN23)c(OC)c1OC.I. The minimum Gasteiger partial charge on any atom is -0.493 e. The quantitative estimate of drug-likeness (QED) is 0.534. The molecule has 0 bridgehead atoms. The molecule has 180 valence electrons. The fourth-order valence-electron chi connectivity index (χ4n) is 3.89. The van der Waals surface area contributed by atoms with Crippen molar-refractivity contribution in [2.45, 2.75) is 38.8 Å². The highest BCUT2D eigenvalue weighted by Crippen LogP contribution is 2.39. The van der Waals surface area contributed by atoms with Crippen LogP contribution in [0, 0.1) is 0 Å². The molecule has 0 radical (unpaired) electrons. The second-order valence-electron chi connectivity index (χ2n) is 8.61. The van der Waals surface area contributed by atoms with Crippen LogP contribution in [0.15, 0.2) is 17.1 Å². The Morgan fingerprint density at radius 3 is 2.47 bits per heavy atom. The number of methoxy groups -OCH3 is 3. The summed E-state index contributed by atoms with van der Waals surface area (Å²) in [5.41, 5.74) is 0.538. The highest BCUT2D eigenvalue weighted by Gasteiger charge is 2.36. The van der Waals surface area contributed by atoms with Crippen molar-refractivity contribution >= 4 is 36.0 Å². The number of guanidine groups is 1. The second kappa shape index (κ2) is 11.2. The molecule has 9 nitrogen and oxygen atoms in total. The number of ether oxygens (including phenoxy) is 4. The standard InChI is InChI=1S/C22H34N4O5.HI/c1-22(2,3)31-21(27)25-11-12-26-16(14-25)13-24-20(26)23-10-9-15-7-8-17(28-4)19(30-6)18(15)29-5;/h7-8,16H,9-14H2,1-6H3,(H,23,24);1H. The summed E-state index contributed by atoms with van der Waals surface area (Å²) < 4.78 is 21.9. The molecule has 1 amide bonds. The minimum atomic E-state index is -0.488. The summed E-state index contributed by atoms with van der Waals surface area (Å²) in [5.74, 6) is 2.80. The molecule has 2 aliphatic rings. The molecule has 1 fully saturated rings. The number of piperazine rings is 1. The molecular weight excluding hydrogens is 527 g/mol. The zero-order valence-corrected chi connectivity index (χ0v) is 22.1. The van der Waals surface area contributed by atoms with Gasteiger partial charge in [0.1, 0.15) is 5.60 Å². The summed E-state index contributed by atoms with van der Waals surface area (Å²) in [6.45, 7) is 8.99. The number of rotatable bonds is 6. The summed E-state index contributed by atoms with van der Waals surface area (Å²) in [6, 6.07) is 4.05. The third kappa shape index (κ3) is 6.02. The molecule has 10 heteroatoms. The van der Waals surface area contributed by atoms with Crippen molar-refractivity contribution in [1.29, 1.82) is 0 Å². The van der Waals surface area contributed by atoms with E-state index in [0.717, 1.165) is 24.5 Å². The van der Waals surface area contributed by atoms with E-state index in [1.807, 2.05) is 32.9 Å². The summed E-state index contributed by atoms with van der Waals surface area (Å²) in [5, 5.41) is 3.44. The molecule has 1 unspecified atom stereocenters. The molecule has 3 rings (SSSR count). The molecular formula is C22H35IN4O5. The number of hydrogen-bond acceptors (Lipinski definition) is 8. The van der Waals surface area contributed by atoms with E-state index in [-0.39, 0.29) is 36.1 Å². The number of carbonyl (C=O) groups is 1. The van der Waals surface area contributed by atoms with Crippen LogP contribution in [0.5, 0.6) is 17.2 Å². The Kier molecular flexibility index (Phi) is 9.11. The van der Waals surface area contributed by atoms with Crippen LogP contribution in [0.2, 0.25) is 0 Å². The Morgan fingerprint density at radius 2 is 1.84 bits per heavy atom. The van der Waals surface area contributed by atoms with Gasteiger partial charge in [0.15, 0.2) is 17.5 Å². The molecule has 2 heterocycles. The van der Waals surface area contributed by atoms with Crippen LogP contribution >= 0.6 is 24.0 Å². The summed E-state index contributed by atoms with van der Waals surface area (Å²) >= 11 is 0. The number of benzene rings is 1. The van der Waals surface area contributed by atoms with Crippen molar-refractivity contribution in [1.82, 2.24) is 15.1 Å². The van der Waals surface area contributed by atoms with Gasteiger partial charge in [0.2, 0.25) is 5.75 Å². The lowest BCUT2D eigenvalue weighted by Gasteiger charge is -2.39. The third-order valence-corrected chi connectivity index (χ3v) is 5.32. The molecule has 1 aromatic carbocycles. The van der Waals surface area contributed by atoms with Crippen molar-refractivity contribution in [3.63, 3.8) is 0 Å². The normalized spacial score (nSPS) is 17.7. The van der Waals surface area contributed by atoms with Gasteiger partial charge in [0, 0.05) is 31.7 Å². The van der Waals surface area contributed by atoms with Gasteiger partial charge in [-0.25, -0.2) is 4.79 Å². The first-order chi connectivity index (χ1) is 14.8. The predicted molar refractivity (Wildman–Crippen MR) is 134 cm³/mol. The van der Waals surface area contributed by atoms with E-state index in [0.29, 0.717) is 43.4 Å². The number of aliphatic imine (C=N–C) groups is 1. The Morgan fingerprint density at radius 1 is 1.12 bits per heavy atom. The van der Waals surface area contributed by atoms with Crippen molar-refractivity contribution < 1.29 is 23.7 Å². The molecule has 1 N–H and O–H groups in total. The first-order valence-electron chi connectivity index (χ1n) is 10.6. The van der Waals surface area contributed by atoms with E-state index >= 15 is 0 Å². The first-order valence-corrected chi connectivity index (χ1v) is 10.6. The molecule has 2 aliphatic heterocycles. The van der Waals surface area contributed by atoms with Crippen molar-refractivity contribution in [2.24, 2.45) is 4.99 Å². The zero-order chi connectivity index (χ0) is 22.6. The maximum Gasteiger partial charge on any atom is 0.410 e. The Hall–Kier alpha value is -2.11. The lowest BCUT2D eigenvalue weighted by atomic mass is 10.1. The van der Waals surface area contributed by atoms with E-state index < -0.39 is 5.60 Å². The molecule has 1 saturated heterocycles. The molecule has 1 aromatic rings. The van der Waals surface area contributed by atoms with Gasteiger partial charge in [0.25, 0.3) is 0 Å². The molecule has 0 aliphatic carbocycles. The molecule has 0 saturated carbocycles. The average Bonchev–Trinajstić information content (AvgIpc) is 3.14. The van der Waals surface area contributed by atoms with Crippen molar-refractivity contribution in [3.8, 4) is 17.2 Å². The van der Waals surface area contributed by atoms with E-state index in [2.05, 4.69) is 15.2 Å². The van der Waals surface area contributed by atoms with Crippen LogP contribution < -0.4 is 19.5 Å². The second-order valence-corrected chi connectivity index (χ2v) is 8.61. The number of hydrogen-bond donors (Lipinski definition) is 1. The lowest BCUT2D eigenvalue weighted by molar-refractivity contribution is 0.0137. The number of fused-ring (bicyclic) bond motifs is 1. The first kappa shape index (κ1) is 26.1. The highest BCUT2D eigenvalue weighted by molar-refractivity contribution is 14.0. The van der Waals surface area contributed by atoms with Gasteiger partial charge in [-0.1, -0.05) is 6.07 Å². The van der Waals surface area contributed by atoms with Crippen LogP contribution in [0.1, 0.15) is 26.3 Å². The predicted octanol–water partition coefficient (Wildman–Crippen LogP) is 2.75. The third-order valence-electron chi connectivity index (χ3n) is 5.32. The highest BCUT2D eigenvalue weighted by atomic mass is 127. The van der Waals surface area contributed by atoms with Crippen LogP contribution in [0.3, 0.4) is 0 Å². The van der Waals surface area contributed by atoms with E-state index in [1.165, 1.54) is 0 Å². The molecule has 1 atom stereocenters. The fourth-order valence-corrected chi connectivity index (χ4v) is 3.89. The Balaban J connectivity index is 0.00000363. The molecule has 0 spiro atoms. The van der Waals surface area contributed by atoms with Gasteiger partial charge in [0.05, 0.1) is 33.9 Å². The number of carbonyl (C=O) groups excluding carboxylic acids is 1. The Labute approximate surface area is 207 Å². The monoisotopic (exact) mass is 562 g/mol. The van der Waals surface area contributed by atoms with Gasteiger partial charge < -0.3 is 34.1 Å². The fraction of sp³-hybridized carbons (Fsp3) is 0.636. The zero-order valence-electron chi connectivity index (χ0n) is 19.8. The maximum atomic E-state index is 12.4. The van der Waals surface area contributed by atoms with Crippen molar-refractivity contribution in [2.75, 3.05) is 54.1 Å². The van der Waals surface area contributed by atoms with Gasteiger partial charge in [-0.05, 0) is 33.3 Å². The largest absolute Gasteiger partial charge is 0.493 e. The topological polar surface area (TPSA) is 84.9 Å². The van der Waals surface area contributed by atoms with Gasteiger partial charge in [-0.15, -0.1) is 24.0 Å². The summed E-state index contributed by atoms with van der Waals surface area (Å²) in [7, 11) is 4.84. The van der Waals surface area contributed by atoms with E-state index in [1.54, 1.807) is 26.2 Å². The van der Waals surface area contributed by atoms with Gasteiger partial charge >= 0.3 is 6.09 Å². The van der Waals surface area contributed by atoms with Crippen LogP contribution in [-0.2, 0) is 11.2 Å². The van der Waals surface area contributed by atoms with Crippen LogP contribution in [0.4, 0.5) is 4.79 Å².